The number of alkyl halides is 3. The van der Waals surface area contributed by atoms with E-state index in [0.717, 1.165) is 12.1 Å². The summed E-state index contributed by atoms with van der Waals surface area (Å²) in [6, 6.07) is 4.67. The first-order valence-corrected chi connectivity index (χ1v) is 5.29. The van der Waals surface area contributed by atoms with Crippen LogP contribution in [0.4, 0.5) is 17.6 Å². The van der Waals surface area contributed by atoms with Crippen molar-refractivity contribution in [3.63, 3.8) is 0 Å². The van der Waals surface area contributed by atoms with E-state index in [0.29, 0.717) is 11.3 Å². The van der Waals surface area contributed by atoms with Gasteiger partial charge in [0.25, 0.3) is 0 Å². The molecule has 0 unspecified atom stereocenters. The van der Waals surface area contributed by atoms with Crippen LogP contribution >= 0.6 is 11.3 Å². The van der Waals surface area contributed by atoms with Crippen LogP contribution in [0.1, 0.15) is 4.88 Å². The number of hydrogen-bond donors (Lipinski definition) is 0. The van der Waals surface area contributed by atoms with E-state index in [1.165, 1.54) is 17.5 Å². The zero-order valence-electron chi connectivity index (χ0n) is 8.16. The van der Waals surface area contributed by atoms with E-state index < -0.39 is 17.0 Å². The number of pyridine rings is 1. The molecule has 0 aliphatic rings. The van der Waals surface area contributed by atoms with Crippen LogP contribution in [0, 0.1) is 5.95 Å². The summed E-state index contributed by atoms with van der Waals surface area (Å²) in [5, 5.41) is 1.19. The van der Waals surface area contributed by atoms with Crippen molar-refractivity contribution in [1.82, 2.24) is 4.98 Å². The highest BCUT2D eigenvalue weighted by Gasteiger charge is 2.32. The van der Waals surface area contributed by atoms with Crippen LogP contribution in [0.25, 0.3) is 0 Å². The molecule has 17 heavy (non-hydrogen) atoms. The van der Waals surface area contributed by atoms with Gasteiger partial charge in [0.2, 0.25) is 11.8 Å². The highest BCUT2D eigenvalue weighted by atomic mass is 32.1. The van der Waals surface area contributed by atoms with E-state index in [4.69, 9.17) is 4.74 Å². The van der Waals surface area contributed by atoms with Crippen LogP contribution < -0.4 is 4.74 Å². The van der Waals surface area contributed by atoms with Crippen molar-refractivity contribution in [2.45, 2.75) is 6.18 Å². The summed E-state index contributed by atoms with van der Waals surface area (Å²) in [6.45, 7) is 0. The summed E-state index contributed by atoms with van der Waals surface area (Å²) >= 11 is 0.508. The number of thiophene rings is 1. The molecular weight excluding hydrogens is 258 g/mol. The Labute approximate surface area is 97.5 Å². The van der Waals surface area contributed by atoms with E-state index in [1.807, 2.05) is 0 Å². The predicted octanol–water partition coefficient (Wildman–Crippen LogP) is 4.09. The van der Waals surface area contributed by atoms with Gasteiger partial charge in [-0.15, -0.1) is 11.3 Å². The number of ether oxygens (including phenoxy) is 1. The lowest BCUT2D eigenvalue weighted by atomic mass is 10.4. The van der Waals surface area contributed by atoms with Gasteiger partial charge in [-0.2, -0.15) is 22.5 Å². The van der Waals surface area contributed by atoms with E-state index in [1.54, 1.807) is 0 Å². The number of aromatic nitrogens is 1. The maximum Gasteiger partial charge on any atom is 0.425 e. The molecule has 0 saturated heterocycles. The number of hydrogen-bond acceptors (Lipinski definition) is 3. The number of rotatable bonds is 2. The Morgan fingerprint density at radius 3 is 2.59 bits per heavy atom. The highest BCUT2D eigenvalue weighted by molar-refractivity contribution is 7.10. The molecule has 2 aromatic rings. The van der Waals surface area contributed by atoms with E-state index >= 15 is 0 Å². The standard InChI is InChI=1S/C10H5F4NOS/c11-8-2-1-3-9(15-8)16-6-4-7(17-5-6)10(12,13)14/h1-5H. The van der Waals surface area contributed by atoms with Crippen molar-refractivity contribution in [2.75, 3.05) is 0 Å². The molecule has 2 rings (SSSR count). The molecule has 0 N–H and O–H groups in total. The van der Waals surface area contributed by atoms with Crippen molar-refractivity contribution >= 4 is 11.3 Å². The van der Waals surface area contributed by atoms with Gasteiger partial charge in [-0.1, -0.05) is 6.07 Å². The molecule has 0 amide bonds. The second-order valence-electron chi connectivity index (χ2n) is 3.05. The molecule has 0 bridgehead atoms. The lowest BCUT2D eigenvalue weighted by Gasteiger charge is -2.02. The molecule has 0 radical (unpaired) electrons. The molecule has 2 heterocycles. The number of nitrogens with zero attached hydrogens (tertiary/aromatic N) is 1. The minimum Gasteiger partial charge on any atom is -0.438 e. The smallest absolute Gasteiger partial charge is 0.425 e. The molecule has 2 nitrogen and oxygen atoms in total. The van der Waals surface area contributed by atoms with Gasteiger partial charge in [0, 0.05) is 17.5 Å². The topological polar surface area (TPSA) is 22.1 Å². The normalized spacial score (nSPS) is 11.5. The summed E-state index contributed by atoms with van der Waals surface area (Å²) in [4.78, 5) is 2.60. The molecule has 0 saturated carbocycles. The second kappa shape index (κ2) is 4.33. The SMILES string of the molecule is Fc1cccc(Oc2csc(C(F)(F)F)c2)n1. The van der Waals surface area contributed by atoms with Crippen LogP contribution in [-0.2, 0) is 6.18 Å². The minimum absolute atomic E-state index is 0.0135. The fourth-order valence-corrected chi connectivity index (χ4v) is 1.77. The minimum atomic E-state index is -4.40. The molecular formula is C10H5F4NOS. The molecule has 0 aromatic carbocycles. The molecule has 0 fully saturated rings. The summed E-state index contributed by atoms with van der Waals surface area (Å²) < 4.78 is 54.5. The average molecular weight is 263 g/mol. The molecule has 0 aliphatic carbocycles. The first-order valence-electron chi connectivity index (χ1n) is 4.41. The Balaban J connectivity index is 2.17. The third-order valence-corrected chi connectivity index (χ3v) is 2.72. The van der Waals surface area contributed by atoms with Gasteiger partial charge in [-0.25, -0.2) is 0 Å². The van der Waals surface area contributed by atoms with Crippen LogP contribution in [0.5, 0.6) is 11.6 Å². The summed E-state index contributed by atoms with van der Waals surface area (Å²) in [6.07, 6.45) is -4.40. The summed E-state index contributed by atoms with van der Waals surface area (Å²) in [5.74, 6) is -0.856. The van der Waals surface area contributed by atoms with Gasteiger partial charge in [-0.3, -0.25) is 0 Å². The van der Waals surface area contributed by atoms with E-state index in [-0.39, 0.29) is 11.6 Å². The first-order chi connectivity index (χ1) is 7.95. The zero-order chi connectivity index (χ0) is 12.5. The molecule has 0 aliphatic heterocycles. The van der Waals surface area contributed by atoms with E-state index in [9.17, 15) is 17.6 Å². The monoisotopic (exact) mass is 263 g/mol. The van der Waals surface area contributed by atoms with Crippen molar-refractivity contribution < 1.29 is 22.3 Å². The van der Waals surface area contributed by atoms with Gasteiger partial charge < -0.3 is 4.74 Å². The molecule has 0 atom stereocenters. The quantitative estimate of drug-likeness (QED) is 0.601. The molecule has 90 valence electrons. The Bertz CT molecular complexity index is 523. The van der Waals surface area contributed by atoms with Crippen molar-refractivity contribution in [3.05, 3.63) is 40.5 Å². The Morgan fingerprint density at radius 1 is 1.24 bits per heavy atom. The number of halogens is 4. The Kier molecular flexibility index (Phi) is 3.01. The Hall–Kier alpha value is -1.63. The van der Waals surface area contributed by atoms with E-state index in [2.05, 4.69) is 4.98 Å². The lowest BCUT2D eigenvalue weighted by molar-refractivity contribution is -0.134. The maximum absolute atomic E-state index is 12.7. The largest absolute Gasteiger partial charge is 0.438 e. The summed E-state index contributed by atoms with van der Waals surface area (Å²) in [5.41, 5.74) is 0. The van der Waals surface area contributed by atoms with Crippen molar-refractivity contribution in [2.24, 2.45) is 0 Å². The highest BCUT2D eigenvalue weighted by Crippen LogP contribution is 2.37. The van der Waals surface area contributed by atoms with Crippen LogP contribution in [0.3, 0.4) is 0 Å². The van der Waals surface area contributed by atoms with Gasteiger partial charge in [0.05, 0.1) is 0 Å². The van der Waals surface area contributed by atoms with Crippen molar-refractivity contribution in [3.8, 4) is 11.6 Å². The third kappa shape index (κ3) is 2.94. The fraction of sp³-hybridized carbons (Fsp3) is 0.100. The lowest BCUT2D eigenvalue weighted by Crippen LogP contribution is -2.00. The molecule has 0 spiro atoms. The average Bonchev–Trinajstić information content (AvgIpc) is 2.65. The molecule has 7 heteroatoms. The van der Waals surface area contributed by atoms with Crippen LogP contribution in [-0.4, -0.2) is 4.98 Å². The van der Waals surface area contributed by atoms with Gasteiger partial charge in [-0.05, 0) is 6.07 Å². The van der Waals surface area contributed by atoms with Gasteiger partial charge >= 0.3 is 6.18 Å². The second-order valence-corrected chi connectivity index (χ2v) is 3.96. The fourth-order valence-electron chi connectivity index (χ4n) is 1.09. The Morgan fingerprint density at radius 2 is 2.00 bits per heavy atom. The molecule has 2 aromatic heterocycles. The zero-order valence-corrected chi connectivity index (χ0v) is 8.98. The van der Waals surface area contributed by atoms with Gasteiger partial charge in [0.1, 0.15) is 10.6 Å². The van der Waals surface area contributed by atoms with Crippen LogP contribution in [0.2, 0.25) is 0 Å². The third-order valence-electron chi connectivity index (χ3n) is 1.77. The van der Waals surface area contributed by atoms with Crippen molar-refractivity contribution in [1.29, 1.82) is 0 Å². The summed E-state index contributed by atoms with van der Waals surface area (Å²) in [7, 11) is 0. The first kappa shape index (κ1) is 11.8. The maximum atomic E-state index is 12.7. The van der Waals surface area contributed by atoms with Gasteiger partial charge in [0.15, 0.2) is 0 Å². The van der Waals surface area contributed by atoms with Crippen LogP contribution in [0.15, 0.2) is 29.6 Å². The predicted molar refractivity (Wildman–Crippen MR) is 53.6 cm³/mol.